The maximum Gasteiger partial charge on any atom is 0.275 e. The Bertz CT molecular complexity index is 878. The Balaban J connectivity index is 1.71. The molecule has 6 nitrogen and oxygen atoms in total. The fraction of sp³-hybridized carbons (Fsp3) is 0.353. The number of para-hydroxylation sites is 1. The lowest BCUT2D eigenvalue weighted by Crippen LogP contribution is -2.32. The fourth-order valence-corrected chi connectivity index (χ4v) is 3.49. The zero-order valence-corrected chi connectivity index (χ0v) is 13.3. The van der Waals surface area contributed by atoms with E-state index >= 15 is 0 Å². The summed E-state index contributed by atoms with van der Waals surface area (Å²) in [5.74, 6) is 0.929. The van der Waals surface area contributed by atoms with Crippen LogP contribution in [0.3, 0.4) is 0 Å². The number of hydrogen-bond acceptors (Lipinski definition) is 3. The van der Waals surface area contributed by atoms with Gasteiger partial charge < -0.3 is 9.47 Å². The summed E-state index contributed by atoms with van der Waals surface area (Å²) in [6, 6.07) is 7.75. The van der Waals surface area contributed by atoms with E-state index in [0.717, 1.165) is 41.8 Å². The molecule has 4 rings (SSSR count). The molecule has 1 aliphatic rings. The van der Waals surface area contributed by atoms with Gasteiger partial charge in [0, 0.05) is 25.2 Å². The van der Waals surface area contributed by atoms with Crippen LogP contribution >= 0.6 is 0 Å². The molecular formula is C17H19N5O. The highest BCUT2D eigenvalue weighted by Crippen LogP contribution is 2.33. The van der Waals surface area contributed by atoms with Crippen molar-refractivity contribution in [1.82, 2.24) is 24.6 Å². The number of carbonyl (C=O) groups is 1. The molecular weight excluding hydrogens is 290 g/mol. The maximum absolute atomic E-state index is 13.0. The number of aryl methyl sites for hydroxylation is 2. The first-order valence-electron chi connectivity index (χ1n) is 7.89. The number of nitrogens with zero attached hydrogens (tertiary/aromatic N) is 4. The molecule has 3 aromatic rings. The van der Waals surface area contributed by atoms with Gasteiger partial charge in [0.05, 0.1) is 17.3 Å². The van der Waals surface area contributed by atoms with Crippen LogP contribution in [0, 0.1) is 6.92 Å². The summed E-state index contributed by atoms with van der Waals surface area (Å²) in [5, 5.41) is 8.07. The van der Waals surface area contributed by atoms with Gasteiger partial charge in [-0.1, -0.05) is 18.2 Å². The van der Waals surface area contributed by atoms with E-state index in [9.17, 15) is 4.79 Å². The van der Waals surface area contributed by atoms with E-state index in [1.165, 1.54) is 0 Å². The number of benzene rings is 1. The molecule has 1 saturated heterocycles. The molecule has 1 atom stereocenters. The Kier molecular flexibility index (Phi) is 3.18. The van der Waals surface area contributed by atoms with E-state index in [-0.39, 0.29) is 11.9 Å². The maximum atomic E-state index is 13.0. The molecule has 0 bridgehead atoms. The fourth-order valence-electron chi connectivity index (χ4n) is 3.49. The molecule has 0 radical (unpaired) electrons. The first kappa shape index (κ1) is 14.0. The van der Waals surface area contributed by atoms with Crippen LogP contribution in [0.1, 0.15) is 40.9 Å². The monoisotopic (exact) mass is 309 g/mol. The second kappa shape index (κ2) is 5.22. The van der Waals surface area contributed by atoms with Crippen molar-refractivity contribution >= 4 is 16.8 Å². The molecule has 0 saturated carbocycles. The average Bonchev–Trinajstić information content (AvgIpc) is 3.24. The van der Waals surface area contributed by atoms with Crippen LogP contribution in [0.25, 0.3) is 10.9 Å². The largest absolute Gasteiger partial charge is 0.336 e. The van der Waals surface area contributed by atoms with Gasteiger partial charge in [0.2, 0.25) is 0 Å². The second-order valence-electron chi connectivity index (χ2n) is 6.13. The summed E-state index contributed by atoms with van der Waals surface area (Å²) in [4.78, 5) is 19.5. The van der Waals surface area contributed by atoms with Crippen molar-refractivity contribution < 1.29 is 4.79 Å². The summed E-state index contributed by atoms with van der Waals surface area (Å²) in [6.45, 7) is 2.72. The van der Waals surface area contributed by atoms with Gasteiger partial charge in [-0.05, 0) is 25.8 Å². The zero-order chi connectivity index (χ0) is 16.0. The van der Waals surface area contributed by atoms with Gasteiger partial charge in [0.25, 0.3) is 5.91 Å². The molecule has 6 heteroatoms. The highest BCUT2D eigenvalue weighted by Gasteiger charge is 2.34. The van der Waals surface area contributed by atoms with Crippen molar-refractivity contribution in [3.63, 3.8) is 0 Å². The van der Waals surface area contributed by atoms with Gasteiger partial charge >= 0.3 is 0 Å². The van der Waals surface area contributed by atoms with E-state index in [1.54, 1.807) is 0 Å². The van der Waals surface area contributed by atoms with Crippen molar-refractivity contribution in [2.75, 3.05) is 6.54 Å². The lowest BCUT2D eigenvalue weighted by Gasteiger charge is -2.23. The molecule has 2 aromatic heterocycles. The third kappa shape index (κ3) is 2.21. The zero-order valence-electron chi connectivity index (χ0n) is 13.3. The van der Waals surface area contributed by atoms with E-state index in [4.69, 9.17) is 0 Å². The predicted molar refractivity (Wildman–Crippen MR) is 87.1 cm³/mol. The van der Waals surface area contributed by atoms with Crippen LogP contribution in [-0.4, -0.2) is 37.1 Å². The van der Waals surface area contributed by atoms with Crippen molar-refractivity contribution in [3.8, 4) is 0 Å². The topological polar surface area (TPSA) is 66.8 Å². The Labute approximate surface area is 134 Å². The van der Waals surface area contributed by atoms with Crippen LogP contribution in [0.15, 0.2) is 30.5 Å². The molecule has 1 N–H and O–H groups in total. The van der Waals surface area contributed by atoms with Crippen LogP contribution < -0.4 is 0 Å². The highest BCUT2D eigenvalue weighted by molar-refractivity contribution is 6.04. The van der Waals surface area contributed by atoms with Crippen LogP contribution in [0.5, 0.6) is 0 Å². The summed E-state index contributed by atoms with van der Waals surface area (Å²) in [6.07, 6.45) is 3.93. The molecule has 23 heavy (non-hydrogen) atoms. The SMILES string of the molecule is Cc1cn(C)c([C@@H]2CCCN2C(=O)c2n[nH]c3ccccc23)n1. The number of carbonyl (C=O) groups excluding carboxylic acids is 1. The number of amides is 1. The van der Waals surface area contributed by atoms with Gasteiger partial charge in [-0.3, -0.25) is 9.89 Å². The number of likely N-dealkylation sites (tertiary alicyclic amines) is 1. The number of H-pyrrole nitrogens is 1. The molecule has 1 fully saturated rings. The third-order valence-electron chi connectivity index (χ3n) is 4.52. The standard InChI is InChI=1S/C17H19N5O/c1-11-10-21(2)16(18-11)14-8-5-9-22(14)17(23)15-12-6-3-4-7-13(12)19-20-15/h3-4,6-7,10,14H,5,8-9H2,1-2H3,(H,19,20)/t14-/m0/s1. The van der Waals surface area contributed by atoms with E-state index in [0.29, 0.717) is 5.69 Å². The van der Waals surface area contributed by atoms with Gasteiger partial charge in [0.15, 0.2) is 5.69 Å². The summed E-state index contributed by atoms with van der Waals surface area (Å²) in [7, 11) is 1.99. The lowest BCUT2D eigenvalue weighted by molar-refractivity contribution is 0.0724. The average molecular weight is 309 g/mol. The molecule has 1 aromatic carbocycles. The minimum Gasteiger partial charge on any atom is -0.336 e. The normalized spacial score (nSPS) is 18.0. The smallest absolute Gasteiger partial charge is 0.275 e. The van der Waals surface area contributed by atoms with Gasteiger partial charge in [-0.25, -0.2) is 4.98 Å². The molecule has 0 spiro atoms. The molecule has 3 heterocycles. The van der Waals surface area contributed by atoms with Crippen LogP contribution in [0.4, 0.5) is 0 Å². The molecule has 118 valence electrons. The van der Waals surface area contributed by atoms with Crippen molar-refractivity contribution in [2.45, 2.75) is 25.8 Å². The Morgan fingerprint density at radius 2 is 2.17 bits per heavy atom. The van der Waals surface area contributed by atoms with Crippen molar-refractivity contribution in [3.05, 3.63) is 47.7 Å². The third-order valence-corrected chi connectivity index (χ3v) is 4.52. The summed E-state index contributed by atoms with van der Waals surface area (Å²) >= 11 is 0. The predicted octanol–water partition coefficient (Wildman–Crippen LogP) is 2.58. The lowest BCUT2D eigenvalue weighted by atomic mass is 10.1. The number of aromatic amines is 1. The number of hydrogen-bond donors (Lipinski definition) is 1. The second-order valence-corrected chi connectivity index (χ2v) is 6.13. The number of imidazole rings is 1. The Morgan fingerprint density at radius 3 is 2.96 bits per heavy atom. The molecule has 0 unspecified atom stereocenters. The summed E-state index contributed by atoms with van der Waals surface area (Å²) < 4.78 is 2.02. The van der Waals surface area contributed by atoms with Gasteiger partial charge in [-0.15, -0.1) is 0 Å². The van der Waals surface area contributed by atoms with Crippen molar-refractivity contribution in [1.29, 1.82) is 0 Å². The molecule has 1 aliphatic heterocycles. The quantitative estimate of drug-likeness (QED) is 0.791. The molecule has 1 amide bonds. The number of aromatic nitrogens is 4. The Hall–Kier alpha value is -2.63. The first-order valence-corrected chi connectivity index (χ1v) is 7.89. The number of rotatable bonds is 2. The number of fused-ring (bicyclic) bond motifs is 1. The van der Waals surface area contributed by atoms with Crippen LogP contribution in [0.2, 0.25) is 0 Å². The number of nitrogens with one attached hydrogen (secondary N) is 1. The minimum absolute atomic E-state index is 0.0226. The minimum atomic E-state index is -0.0226. The van der Waals surface area contributed by atoms with E-state index < -0.39 is 0 Å². The van der Waals surface area contributed by atoms with E-state index in [1.807, 2.05) is 53.9 Å². The van der Waals surface area contributed by atoms with Crippen molar-refractivity contribution in [2.24, 2.45) is 7.05 Å². The highest BCUT2D eigenvalue weighted by atomic mass is 16.2. The van der Waals surface area contributed by atoms with E-state index in [2.05, 4.69) is 15.2 Å². The first-order chi connectivity index (χ1) is 11.1. The van der Waals surface area contributed by atoms with Gasteiger partial charge in [-0.2, -0.15) is 5.10 Å². The molecule has 0 aliphatic carbocycles. The van der Waals surface area contributed by atoms with Gasteiger partial charge in [0.1, 0.15) is 5.82 Å². The Morgan fingerprint density at radius 1 is 1.35 bits per heavy atom. The van der Waals surface area contributed by atoms with Crippen LogP contribution in [-0.2, 0) is 7.05 Å². The summed E-state index contributed by atoms with van der Waals surface area (Å²) in [5.41, 5.74) is 2.37.